The number of nitrogens with two attached hydrogens (primary N) is 1. The molecule has 0 aliphatic heterocycles. The van der Waals surface area contributed by atoms with Crippen LogP contribution >= 0.6 is 0 Å². The van der Waals surface area contributed by atoms with Crippen LogP contribution in [0.2, 0.25) is 0 Å². The number of nitrogens with zero attached hydrogens (tertiary/aromatic N) is 1. The van der Waals surface area contributed by atoms with E-state index in [1.54, 1.807) is 0 Å². The zero-order valence-corrected chi connectivity index (χ0v) is 8.77. The second kappa shape index (κ2) is 3.95. The van der Waals surface area contributed by atoms with E-state index in [0.717, 1.165) is 12.1 Å². The van der Waals surface area contributed by atoms with Crippen molar-refractivity contribution in [3.05, 3.63) is 34.4 Å². The molecule has 0 amide bonds. The van der Waals surface area contributed by atoms with Gasteiger partial charge in [0.05, 0.1) is 9.82 Å². The molecule has 15 heavy (non-hydrogen) atoms. The molecule has 7 heteroatoms. The van der Waals surface area contributed by atoms with Gasteiger partial charge in [-0.25, -0.2) is 8.42 Å². The molecule has 0 heterocycles. The van der Waals surface area contributed by atoms with Gasteiger partial charge in [0.25, 0.3) is 5.69 Å². The van der Waals surface area contributed by atoms with Gasteiger partial charge in [-0.1, -0.05) is 0 Å². The number of benzene rings is 1. The molecule has 0 aromatic heterocycles. The van der Waals surface area contributed by atoms with E-state index in [4.69, 9.17) is 5.73 Å². The van der Waals surface area contributed by atoms with Crippen LogP contribution in [0.15, 0.2) is 29.2 Å². The minimum atomic E-state index is -3.56. The molecule has 1 atom stereocenters. The molecule has 0 spiro atoms. The molecule has 82 valence electrons. The van der Waals surface area contributed by atoms with E-state index in [2.05, 4.69) is 0 Å². The fourth-order valence-corrected chi connectivity index (χ4v) is 1.92. The molecule has 0 saturated carbocycles. The maximum Gasteiger partial charge on any atom is 0.269 e. The molecule has 0 bridgehead atoms. The highest BCUT2D eigenvalue weighted by molar-refractivity contribution is 7.92. The van der Waals surface area contributed by atoms with E-state index in [1.807, 2.05) is 0 Å². The molecule has 0 fully saturated rings. The Morgan fingerprint density at radius 2 is 1.80 bits per heavy atom. The topological polar surface area (TPSA) is 103 Å². The van der Waals surface area contributed by atoms with Gasteiger partial charge in [0.1, 0.15) is 5.37 Å². The van der Waals surface area contributed by atoms with Crippen LogP contribution in [0.25, 0.3) is 0 Å². The lowest BCUT2D eigenvalue weighted by Crippen LogP contribution is -2.26. The lowest BCUT2D eigenvalue weighted by Gasteiger charge is -2.06. The number of hydrogen-bond acceptors (Lipinski definition) is 5. The van der Waals surface area contributed by atoms with Gasteiger partial charge in [-0.05, 0) is 19.1 Å². The fraction of sp³-hybridized carbons (Fsp3) is 0.250. The van der Waals surface area contributed by atoms with E-state index in [1.165, 1.54) is 19.1 Å². The van der Waals surface area contributed by atoms with Gasteiger partial charge in [-0.2, -0.15) is 0 Å². The third-order valence-corrected chi connectivity index (χ3v) is 3.77. The number of rotatable bonds is 3. The average molecular weight is 230 g/mol. The molecular formula is C8H10N2O4S. The smallest absolute Gasteiger partial charge is 0.269 e. The maximum absolute atomic E-state index is 11.5. The van der Waals surface area contributed by atoms with Gasteiger partial charge in [-0.3, -0.25) is 10.1 Å². The average Bonchev–Trinajstić information content (AvgIpc) is 2.17. The summed E-state index contributed by atoms with van der Waals surface area (Å²) in [4.78, 5) is 9.72. The van der Waals surface area contributed by atoms with Crippen molar-refractivity contribution in [1.82, 2.24) is 0 Å². The molecule has 1 aromatic carbocycles. The SMILES string of the molecule is CC(N)S(=O)(=O)c1ccc([N+](=O)[O-])cc1. The predicted molar refractivity (Wildman–Crippen MR) is 53.9 cm³/mol. The second-order valence-corrected chi connectivity index (χ2v) is 5.31. The normalized spacial score (nSPS) is 13.5. The van der Waals surface area contributed by atoms with Crippen molar-refractivity contribution < 1.29 is 13.3 Å². The van der Waals surface area contributed by atoms with Gasteiger partial charge in [0, 0.05) is 12.1 Å². The molecule has 1 unspecified atom stereocenters. The summed E-state index contributed by atoms with van der Waals surface area (Å²) < 4.78 is 23.0. The number of sulfone groups is 1. The zero-order chi connectivity index (χ0) is 11.6. The van der Waals surface area contributed by atoms with E-state index in [9.17, 15) is 18.5 Å². The van der Waals surface area contributed by atoms with E-state index >= 15 is 0 Å². The minimum absolute atomic E-state index is 0.0110. The highest BCUT2D eigenvalue weighted by Crippen LogP contribution is 2.17. The van der Waals surface area contributed by atoms with Gasteiger partial charge in [0.2, 0.25) is 0 Å². The Hall–Kier alpha value is -1.47. The number of nitro groups is 1. The Labute approximate surface area is 86.8 Å². The van der Waals surface area contributed by atoms with Crippen LogP contribution in [-0.2, 0) is 9.84 Å². The highest BCUT2D eigenvalue weighted by atomic mass is 32.2. The second-order valence-electron chi connectivity index (χ2n) is 3.00. The summed E-state index contributed by atoms with van der Waals surface area (Å²) in [7, 11) is -3.56. The predicted octanol–water partition coefficient (Wildman–Crippen LogP) is 0.673. The number of nitro benzene ring substituents is 1. The summed E-state index contributed by atoms with van der Waals surface area (Å²) in [5.74, 6) is 0. The molecule has 0 aliphatic carbocycles. The summed E-state index contributed by atoms with van der Waals surface area (Å²) in [5, 5.41) is 9.30. The molecule has 0 saturated heterocycles. The number of hydrogen-bond donors (Lipinski definition) is 1. The Morgan fingerprint density at radius 3 is 2.13 bits per heavy atom. The van der Waals surface area contributed by atoms with Crippen molar-refractivity contribution in [2.75, 3.05) is 0 Å². The monoisotopic (exact) mass is 230 g/mol. The molecule has 0 aliphatic rings. The summed E-state index contributed by atoms with van der Waals surface area (Å²) in [6, 6.07) is 4.62. The van der Waals surface area contributed by atoms with Crippen LogP contribution in [0.4, 0.5) is 5.69 Å². The lowest BCUT2D eigenvalue weighted by molar-refractivity contribution is -0.384. The Morgan fingerprint density at radius 1 is 1.33 bits per heavy atom. The Kier molecular flexibility index (Phi) is 3.06. The van der Waals surface area contributed by atoms with E-state index in [0.29, 0.717) is 0 Å². The van der Waals surface area contributed by atoms with Gasteiger partial charge >= 0.3 is 0 Å². The molecular weight excluding hydrogens is 220 g/mol. The van der Waals surface area contributed by atoms with Crippen molar-refractivity contribution in [2.24, 2.45) is 5.73 Å². The first-order valence-corrected chi connectivity index (χ1v) is 5.64. The van der Waals surface area contributed by atoms with Crippen LogP contribution in [0.1, 0.15) is 6.92 Å². The fourth-order valence-electron chi connectivity index (χ4n) is 0.972. The van der Waals surface area contributed by atoms with Crippen molar-refractivity contribution in [3.63, 3.8) is 0 Å². The van der Waals surface area contributed by atoms with Crippen LogP contribution in [-0.4, -0.2) is 18.7 Å². The van der Waals surface area contributed by atoms with E-state index in [-0.39, 0.29) is 10.6 Å². The minimum Gasteiger partial charge on any atom is -0.315 e. The summed E-state index contributed by atoms with van der Waals surface area (Å²) >= 11 is 0. The van der Waals surface area contributed by atoms with E-state index < -0.39 is 20.1 Å². The molecule has 1 rings (SSSR count). The van der Waals surface area contributed by atoms with Crippen LogP contribution in [0.5, 0.6) is 0 Å². The third kappa shape index (κ3) is 2.31. The summed E-state index contributed by atoms with van der Waals surface area (Å²) in [5.41, 5.74) is 5.12. The largest absolute Gasteiger partial charge is 0.315 e. The molecule has 1 aromatic rings. The first kappa shape index (κ1) is 11.6. The van der Waals surface area contributed by atoms with Gasteiger partial charge < -0.3 is 5.73 Å². The highest BCUT2D eigenvalue weighted by Gasteiger charge is 2.20. The third-order valence-electron chi connectivity index (χ3n) is 1.87. The van der Waals surface area contributed by atoms with Crippen LogP contribution in [0, 0.1) is 10.1 Å². The summed E-state index contributed by atoms with van der Waals surface area (Å²) in [6.45, 7) is 1.34. The quantitative estimate of drug-likeness (QED) is 0.607. The molecule has 2 N–H and O–H groups in total. The summed E-state index contributed by atoms with van der Waals surface area (Å²) in [6.07, 6.45) is 0. The molecule has 0 radical (unpaired) electrons. The molecule has 6 nitrogen and oxygen atoms in total. The first-order chi connectivity index (χ1) is 6.85. The van der Waals surface area contributed by atoms with Crippen molar-refractivity contribution in [3.8, 4) is 0 Å². The zero-order valence-electron chi connectivity index (χ0n) is 7.95. The standard InChI is InChI=1S/C8H10N2O4S/c1-6(9)15(13,14)8-4-2-7(3-5-8)10(11)12/h2-6H,9H2,1H3. The Bertz CT molecular complexity index is 464. The van der Waals surface area contributed by atoms with Crippen LogP contribution < -0.4 is 5.73 Å². The van der Waals surface area contributed by atoms with Gasteiger partial charge in [-0.15, -0.1) is 0 Å². The first-order valence-electron chi connectivity index (χ1n) is 4.09. The maximum atomic E-state index is 11.5. The van der Waals surface area contributed by atoms with Crippen molar-refractivity contribution in [2.45, 2.75) is 17.2 Å². The van der Waals surface area contributed by atoms with Crippen molar-refractivity contribution in [1.29, 1.82) is 0 Å². The van der Waals surface area contributed by atoms with Crippen LogP contribution in [0.3, 0.4) is 0 Å². The van der Waals surface area contributed by atoms with Crippen molar-refractivity contribution >= 4 is 15.5 Å². The lowest BCUT2D eigenvalue weighted by atomic mass is 10.3. The van der Waals surface area contributed by atoms with Gasteiger partial charge in [0.15, 0.2) is 9.84 Å². The number of non-ortho nitro benzene ring substituents is 1. The Balaban J connectivity index is 3.15.